The maximum absolute atomic E-state index is 14.5. The largest absolute Gasteiger partial charge is 0.313 e. The molecule has 29 heavy (non-hydrogen) atoms. The van der Waals surface area contributed by atoms with Crippen LogP contribution in [0.3, 0.4) is 0 Å². The molecular formula is C19H19Cl2F2N3O2S. The minimum atomic E-state index is -3.99. The first-order valence-electron chi connectivity index (χ1n) is 8.46. The van der Waals surface area contributed by atoms with Gasteiger partial charge in [0.05, 0.1) is 5.69 Å². The highest BCUT2D eigenvalue weighted by Gasteiger charge is 2.33. The Morgan fingerprint density at radius 1 is 1.17 bits per heavy atom. The molecule has 2 aromatic heterocycles. The molecule has 5 nitrogen and oxygen atoms in total. The van der Waals surface area contributed by atoms with Crippen LogP contribution in [0.4, 0.5) is 8.78 Å². The summed E-state index contributed by atoms with van der Waals surface area (Å²) >= 11 is 0. The van der Waals surface area contributed by atoms with Crippen LogP contribution in [0, 0.1) is 11.6 Å². The van der Waals surface area contributed by atoms with Crippen LogP contribution in [0.25, 0.3) is 11.3 Å². The average molecular weight is 462 g/mol. The average Bonchev–Trinajstić information content (AvgIpc) is 3.21. The molecule has 1 aliphatic rings. The lowest BCUT2D eigenvalue weighted by Crippen LogP contribution is -2.17. The number of nitrogens with one attached hydrogen (secondary N) is 1. The third-order valence-electron chi connectivity index (χ3n) is 4.86. The first kappa shape index (κ1) is 23.3. The third-order valence-corrected chi connectivity index (χ3v) is 6.60. The number of benzene rings is 1. The van der Waals surface area contributed by atoms with E-state index in [1.54, 1.807) is 13.1 Å². The summed E-state index contributed by atoms with van der Waals surface area (Å²) in [5, 5.41) is 3.15. The Hall–Kier alpha value is -2.00. The quantitative estimate of drug-likeness (QED) is 0.634. The van der Waals surface area contributed by atoms with Crippen LogP contribution in [0.1, 0.15) is 23.7 Å². The van der Waals surface area contributed by atoms with E-state index in [-0.39, 0.29) is 47.0 Å². The third kappa shape index (κ3) is 3.90. The number of nitrogens with zero attached hydrogens (tertiary/aromatic N) is 2. The van der Waals surface area contributed by atoms with Crippen molar-refractivity contribution in [2.24, 2.45) is 0 Å². The Bertz CT molecular complexity index is 1120. The lowest BCUT2D eigenvalue weighted by molar-refractivity contribution is 0.578. The van der Waals surface area contributed by atoms with Gasteiger partial charge in [0.25, 0.3) is 10.0 Å². The Balaban J connectivity index is 0.00000150. The topological polar surface area (TPSA) is 64.0 Å². The predicted molar refractivity (Wildman–Crippen MR) is 111 cm³/mol. The minimum Gasteiger partial charge on any atom is -0.313 e. The van der Waals surface area contributed by atoms with Crippen molar-refractivity contribution in [1.82, 2.24) is 14.3 Å². The molecule has 1 aliphatic carbocycles. The first-order chi connectivity index (χ1) is 12.9. The van der Waals surface area contributed by atoms with E-state index >= 15 is 0 Å². The van der Waals surface area contributed by atoms with Crippen molar-refractivity contribution >= 4 is 34.8 Å². The van der Waals surface area contributed by atoms with E-state index in [0.717, 1.165) is 24.1 Å². The zero-order chi connectivity index (χ0) is 19.2. The molecule has 0 aliphatic heterocycles. The van der Waals surface area contributed by atoms with Crippen LogP contribution in [0.2, 0.25) is 0 Å². The lowest BCUT2D eigenvalue weighted by Gasteiger charge is -2.14. The number of hydrogen-bond donors (Lipinski definition) is 1. The van der Waals surface area contributed by atoms with Crippen molar-refractivity contribution in [1.29, 1.82) is 0 Å². The number of pyridine rings is 1. The van der Waals surface area contributed by atoms with Crippen LogP contribution in [0.15, 0.2) is 53.7 Å². The molecule has 1 unspecified atom stereocenters. The van der Waals surface area contributed by atoms with E-state index < -0.39 is 21.7 Å². The zero-order valence-electron chi connectivity index (χ0n) is 15.3. The van der Waals surface area contributed by atoms with Gasteiger partial charge in [-0.1, -0.05) is 0 Å². The molecule has 156 valence electrons. The van der Waals surface area contributed by atoms with E-state index in [2.05, 4.69) is 10.3 Å². The maximum Gasteiger partial charge on any atom is 0.269 e. The summed E-state index contributed by atoms with van der Waals surface area (Å²) in [6.07, 6.45) is 4.02. The second kappa shape index (κ2) is 8.79. The fraction of sp³-hybridized carbons (Fsp3) is 0.211. The lowest BCUT2D eigenvalue weighted by atomic mass is 10.1. The summed E-state index contributed by atoms with van der Waals surface area (Å²) in [6.45, 7) is 0. The Morgan fingerprint density at radius 2 is 1.93 bits per heavy atom. The second-order valence-corrected chi connectivity index (χ2v) is 8.18. The van der Waals surface area contributed by atoms with Gasteiger partial charge in [-0.2, -0.15) is 0 Å². The highest BCUT2D eigenvalue weighted by atomic mass is 35.5. The van der Waals surface area contributed by atoms with Crippen LogP contribution in [-0.2, 0) is 16.4 Å². The Kier molecular flexibility index (Phi) is 7.06. The second-order valence-electron chi connectivity index (χ2n) is 6.39. The van der Waals surface area contributed by atoms with Gasteiger partial charge < -0.3 is 5.32 Å². The van der Waals surface area contributed by atoms with Gasteiger partial charge in [0, 0.05) is 35.8 Å². The molecule has 1 aromatic carbocycles. The molecular weight excluding hydrogens is 443 g/mol. The number of rotatable bonds is 4. The SMILES string of the molecule is CNC1CCc2c1cc(-c1ccc(F)cc1F)n2S(=O)(=O)c1cccnc1.Cl.Cl. The molecule has 4 rings (SSSR count). The summed E-state index contributed by atoms with van der Waals surface area (Å²) < 4.78 is 55.7. The van der Waals surface area contributed by atoms with E-state index in [4.69, 9.17) is 0 Å². The van der Waals surface area contributed by atoms with Crippen LogP contribution < -0.4 is 5.32 Å². The van der Waals surface area contributed by atoms with E-state index in [0.29, 0.717) is 12.1 Å². The van der Waals surface area contributed by atoms with Gasteiger partial charge in [-0.3, -0.25) is 4.98 Å². The molecule has 0 saturated heterocycles. The maximum atomic E-state index is 14.5. The normalized spacial score (nSPS) is 15.3. The number of hydrogen-bond acceptors (Lipinski definition) is 4. The molecule has 1 N–H and O–H groups in total. The zero-order valence-corrected chi connectivity index (χ0v) is 17.8. The molecule has 10 heteroatoms. The van der Waals surface area contributed by atoms with Crippen molar-refractivity contribution < 1.29 is 17.2 Å². The summed E-state index contributed by atoms with van der Waals surface area (Å²) in [5.41, 5.74) is 1.63. The molecule has 0 fully saturated rings. The van der Waals surface area contributed by atoms with Gasteiger partial charge in [-0.15, -0.1) is 24.8 Å². The molecule has 0 amide bonds. The van der Waals surface area contributed by atoms with Crippen molar-refractivity contribution in [2.75, 3.05) is 7.05 Å². The van der Waals surface area contributed by atoms with Gasteiger partial charge in [0.1, 0.15) is 16.5 Å². The van der Waals surface area contributed by atoms with Crippen LogP contribution in [-0.4, -0.2) is 24.4 Å². The highest BCUT2D eigenvalue weighted by molar-refractivity contribution is 7.90. The van der Waals surface area contributed by atoms with Crippen molar-refractivity contribution in [3.05, 3.63) is 71.7 Å². The minimum absolute atomic E-state index is 0. The number of halogens is 4. The van der Waals surface area contributed by atoms with E-state index in [1.807, 2.05) is 0 Å². The van der Waals surface area contributed by atoms with Gasteiger partial charge in [-0.25, -0.2) is 21.2 Å². The number of fused-ring (bicyclic) bond motifs is 1. The fourth-order valence-corrected chi connectivity index (χ4v) is 5.15. The first-order valence-corrected chi connectivity index (χ1v) is 9.90. The van der Waals surface area contributed by atoms with E-state index in [1.165, 1.54) is 34.6 Å². The van der Waals surface area contributed by atoms with E-state index in [9.17, 15) is 17.2 Å². The molecule has 0 radical (unpaired) electrons. The molecule has 0 bridgehead atoms. The van der Waals surface area contributed by atoms with Gasteiger partial charge in [0.2, 0.25) is 0 Å². The smallest absolute Gasteiger partial charge is 0.269 e. The van der Waals surface area contributed by atoms with Gasteiger partial charge >= 0.3 is 0 Å². The number of aromatic nitrogens is 2. The monoisotopic (exact) mass is 461 g/mol. The highest BCUT2D eigenvalue weighted by Crippen LogP contribution is 2.40. The molecule has 0 spiro atoms. The van der Waals surface area contributed by atoms with Crippen molar-refractivity contribution in [3.63, 3.8) is 0 Å². The fourth-order valence-electron chi connectivity index (χ4n) is 3.60. The summed E-state index contributed by atoms with van der Waals surface area (Å²) in [6, 6.07) is 7.77. The Labute approximate surface area is 180 Å². The Morgan fingerprint density at radius 3 is 2.55 bits per heavy atom. The molecule has 1 atom stereocenters. The summed E-state index contributed by atoms with van der Waals surface area (Å²) in [7, 11) is -2.20. The van der Waals surface area contributed by atoms with Gasteiger partial charge in [-0.05, 0) is 55.8 Å². The molecule has 0 saturated carbocycles. The molecule has 3 aromatic rings. The van der Waals surface area contributed by atoms with Crippen LogP contribution >= 0.6 is 24.8 Å². The predicted octanol–water partition coefficient (Wildman–Crippen LogP) is 4.12. The van der Waals surface area contributed by atoms with Crippen LogP contribution in [0.5, 0.6) is 0 Å². The summed E-state index contributed by atoms with van der Waals surface area (Å²) in [5.74, 6) is -1.53. The van der Waals surface area contributed by atoms with Crippen molar-refractivity contribution in [3.8, 4) is 11.3 Å². The molecule has 2 heterocycles. The van der Waals surface area contributed by atoms with Gasteiger partial charge in [0.15, 0.2) is 0 Å². The van der Waals surface area contributed by atoms with Crippen molar-refractivity contribution in [2.45, 2.75) is 23.8 Å². The standard InChI is InChI=1S/C19H17F2N3O2S.2ClH/c1-22-17-6-7-18-15(17)10-19(14-5-4-12(20)9-16(14)21)24(18)27(25,26)13-3-2-8-23-11-13;;/h2-5,8-11,17,22H,6-7H2,1H3;2*1H. The summed E-state index contributed by atoms with van der Waals surface area (Å²) in [4.78, 5) is 3.90.